The van der Waals surface area contributed by atoms with E-state index in [9.17, 15) is 5.11 Å². The Morgan fingerprint density at radius 1 is 1.35 bits per heavy atom. The lowest BCUT2D eigenvalue weighted by Crippen LogP contribution is -2.48. The third-order valence-electron chi connectivity index (χ3n) is 3.32. The van der Waals surface area contributed by atoms with Crippen molar-refractivity contribution in [1.82, 2.24) is 4.90 Å². The van der Waals surface area contributed by atoms with Crippen molar-refractivity contribution in [3.05, 3.63) is 0 Å². The Hall–Kier alpha value is -0.160. The van der Waals surface area contributed by atoms with Gasteiger partial charge in [-0.15, -0.1) is 0 Å². The molecule has 4 nitrogen and oxygen atoms in total. The Kier molecular flexibility index (Phi) is 5.38. The summed E-state index contributed by atoms with van der Waals surface area (Å²) in [5, 5.41) is 19.1. The van der Waals surface area contributed by atoms with Gasteiger partial charge in [-0.3, -0.25) is 4.90 Å². The quantitative estimate of drug-likeness (QED) is 0.771. The topological polar surface area (TPSA) is 52.9 Å². The zero-order chi connectivity index (χ0) is 13.1. The second-order valence-electron chi connectivity index (χ2n) is 6.18. The van der Waals surface area contributed by atoms with Crippen LogP contribution in [0.1, 0.15) is 34.1 Å². The van der Waals surface area contributed by atoms with E-state index in [0.29, 0.717) is 0 Å². The summed E-state index contributed by atoms with van der Waals surface area (Å²) < 4.78 is 5.59. The number of hydrogen-bond acceptors (Lipinski definition) is 4. The smallest absolute Gasteiger partial charge is 0.0936 e. The third-order valence-corrected chi connectivity index (χ3v) is 3.32. The molecule has 0 aromatic rings. The predicted molar refractivity (Wildman–Crippen MR) is 67.9 cm³/mol. The Bertz CT molecular complexity index is 227. The van der Waals surface area contributed by atoms with E-state index in [4.69, 9.17) is 9.84 Å². The van der Waals surface area contributed by atoms with Crippen LogP contribution >= 0.6 is 0 Å². The monoisotopic (exact) mass is 245 g/mol. The molecular formula is C13H27NO3. The highest BCUT2D eigenvalue weighted by Crippen LogP contribution is 2.22. The standard InChI is InChI=1S/C13H27NO3/c1-10-7-14(8-11(9-15)17-10)6-5-12(16)13(2,3)4/h10-12,15-16H,5-9H2,1-4H3. The largest absolute Gasteiger partial charge is 0.394 e. The fraction of sp³-hybridized carbons (Fsp3) is 1.00. The normalized spacial score (nSPS) is 29.3. The number of ether oxygens (including phenoxy) is 1. The molecule has 4 heteroatoms. The van der Waals surface area contributed by atoms with E-state index < -0.39 is 0 Å². The van der Waals surface area contributed by atoms with Gasteiger partial charge in [-0.25, -0.2) is 0 Å². The summed E-state index contributed by atoms with van der Waals surface area (Å²) in [7, 11) is 0. The molecule has 2 N–H and O–H groups in total. The van der Waals surface area contributed by atoms with Crippen LogP contribution in [-0.2, 0) is 4.74 Å². The van der Waals surface area contributed by atoms with Crippen molar-refractivity contribution in [1.29, 1.82) is 0 Å². The van der Waals surface area contributed by atoms with Gasteiger partial charge >= 0.3 is 0 Å². The van der Waals surface area contributed by atoms with Gasteiger partial charge in [0, 0.05) is 19.6 Å². The lowest BCUT2D eigenvalue weighted by Gasteiger charge is -2.37. The second-order valence-corrected chi connectivity index (χ2v) is 6.18. The van der Waals surface area contributed by atoms with E-state index in [-0.39, 0.29) is 30.3 Å². The fourth-order valence-electron chi connectivity index (χ4n) is 2.16. The lowest BCUT2D eigenvalue weighted by atomic mass is 9.87. The van der Waals surface area contributed by atoms with Gasteiger partial charge in [0.25, 0.3) is 0 Å². The first kappa shape index (κ1) is 14.9. The van der Waals surface area contributed by atoms with Gasteiger partial charge in [0.05, 0.1) is 24.9 Å². The molecule has 1 heterocycles. The van der Waals surface area contributed by atoms with Crippen LogP contribution in [0.2, 0.25) is 0 Å². The molecule has 0 spiro atoms. The van der Waals surface area contributed by atoms with E-state index in [0.717, 1.165) is 26.1 Å². The third kappa shape index (κ3) is 4.92. The Balaban J connectivity index is 2.36. The van der Waals surface area contributed by atoms with Gasteiger partial charge in [-0.2, -0.15) is 0 Å². The Morgan fingerprint density at radius 3 is 2.53 bits per heavy atom. The van der Waals surface area contributed by atoms with E-state index in [2.05, 4.69) is 25.7 Å². The van der Waals surface area contributed by atoms with Crippen LogP contribution in [0.25, 0.3) is 0 Å². The SMILES string of the molecule is CC1CN(CCC(O)C(C)(C)C)CC(CO)O1. The fourth-order valence-corrected chi connectivity index (χ4v) is 2.16. The summed E-state index contributed by atoms with van der Waals surface area (Å²) in [5.41, 5.74) is -0.0612. The maximum Gasteiger partial charge on any atom is 0.0936 e. The minimum atomic E-state index is -0.284. The molecule has 0 saturated carbocycles. The molecule has 0 radical (unpaired) electrons. The number of rotatable bonds is 4. The highest BCUT2D eigenvalue weighted by Gasteiger charge is 2.27. The Morgan fingerprint density at radius 2 is 2.00 bits per heavy atom. The number of nitrogens with zero attached hydrogens (tertiary/aromatic N) is 1. The van der Waals surface area contributed by atoms with Gasteiger partial charge in [-0.1, -0.05) is 20.8 Å². The molecule has 1 saturated heterocycles. The van der Waals surface area contributed by atoms with Crippen molar-refractivity contribution in [3.8, 4) is 0 Å². The molecule has 1 aliphatic heterocycles. The predicted octanol–water partition coefficient (Wildman–Crippen LogP) is 0.865. The number of aliphatic hydroxyl groups is 2. The second kappa shape index (κ2) is 6.14. The van der Waals surface area contributed by atoms with Crippen molar-refractivity contribution in [2.24, 2.45) is 5.41 Å². The maximum absolute atomic E-state index is 10.00. The zero-order valence-corrected chi connectivity index (χ0v) is 11.5. The highest BCUT2D eigenvalue weighted by molar-refractivity contribution is 4.78. The van der Waals surface area contributed by atoms with Crippen LogP contribution in [0.3, 0.4) is 0 Å². The van der Waals surface area contributed by atoms with Crippen LogP contribution < -0.4 is 0 Å². The molecule has 3 atom stereocenters. The molecular weight excluding hydrogens is 218 g/mol. The van der Waals surface area contributed by atoms with Crippen molar-refractivity contribution >= 4 is 0 Å². The molecule has 0 bridgehead atoms. The summed E-state index contributed by atoms with van der Waals surface area (Å²) in [6.07, 6.45) is 0.570. The molecule has 1 rings (SSSR count). The molecule has 0 aliphatic carbocycles. The summed E-state index contributed by atoms with van der Waals surface area (Å²) in [4.78, 5) is 2.27. The molecule has 0 aromatic carbocycles. The van der Waals surface area contributed by atoms with E-state index in [1.807, 2.05) is 6.92 Å². The van der Waals surface area contributed by atoms with Gasteiger partial charge in [-0.05, 0) is 18.8 Å². The van der Waals surface area contributed by atoms with Crippen LogP contribution in [-0.4, -0.2) is 59.7 Å². The van der Waals surface area contributed by atoms with Gasteiger partial charge in [0.1, 0.15) is 0 Å². The van der Waals surface area contributed by atoms with Gasteiger partial charge < -0.3 is 14.9 Å². The molecule has 0 amide bonds. The summed E-state index contributed by atoms with van der Waals surface area (Å²) in [6, 6.07) is 0. The van der Waals surface area contributed by atoms with Gasteiger partial charge in [0.2, 0.25) is 0 Å². The number of aliphatic hydroxyl groups excluding tert-OH is 2. The summed E-state index contributed by atoms with van der Waals surface area (Å²) >= 11 is 0. The van der Waals surface area contributed by atoms with E-state index in [1.54, 1.807) is 0 Å². The molecule has 0 aromatic heterocycles. The molecule has 1 fully saturated rings. The van der Waals surface area contributed by atoms with Crippen molar-refractivity contribution in [2.45, 2.75) is 52.4 Å². The van der Waals surface area contributed by atoms with Crippen LogP contribution in [0.15, 0.2) is 0 Å². The highest BCUT2D eigenvalue weighted by atomic mass is 16.5. The average molecular weight is 245 g/mol. The molecule has 3 unspecified atom stereocenters. The maximum atomic E-state index is 10.00. The molecule has 1 aliphatic rings. The average Bonchev–Trinajstić information content (AvgIpc) is 2.23. The lowest BCUT2D eigenvalue weighted by molar-refractivity contribution is -0.0980. The number of hydrogen-bond donors (Lipinski definition) is 2. The summed E-state index contributed by atoms with van der Waals surface area (Å²) in [6.45, 7) is 10.8. The summed E-state index contributed by atoms with van der Waals surface area (Å²) in [5.74, 6) is 0. The minimum absolute atomic E-state index is 0.0612. The van der Waals surface area contributed by atoms with E-state index >= 15 is 0 Å². The van der Waals surface area contributed by atoms with Crippen LogP contribution in [0, 0.1) is 5.41 Å². The first-order valence-corrected chi connectivity index (χ1v) is 6.49. The first-order valence-electron chi connectivity index (χ1n) is 6.49. The van der Waals surface area contributed by atoms with Gasteiger partial charge in [0.15, 0.2) is 0 Å². The molecule has 17 heavy (non-hydrogen) atoms. The van der Waals surface area contributed by atoms with Crippen molar-refractivity contribution in [3.63, 3.8) is 0 Å². The van der Waals surface area contributed by atoms with E-state index in [1.165, 1.54) is 0 Å². The Labute approximate surface area is 105 Å². The van der Waals surface area contributed by atoms with Crippen LogP contribution in [0.4, 0.5) is 0 Å². The van der Waals surface area contributed by atoms with Crippen molar-refractivity contribution in [2.75, 3.05) is 26.2 Å². The van der Waals surface area contributed by atoms with Crippen LogP contribution in [0.5, 0.6) is 0 Å². The first-order chi connectivity index (χ1) is 7.82. The minimum Gasteiger partial charge on any atom is -0.394 e. The van der Waals surface area contributed by atoms with Crippen molar-refractivity contribution < 1.29 is 14.9 Å². The zero-order valence-electron chi connectivity index (χ0n) is 11.5. The number of morpholine rings is 1. The molecule has 102 valence electrons.